The molecule has 6 nitrogen and oxygen atoms in total. The van der Waals surface area contributed by atoms with Crippen LogP contribution in [0.1, 0.15) is 30.4 Å². The Morgan fingerprint density at radius 1 is 1.07 bits per heavy atom. The summed E-state index contributed by atoms with van der Waals surface area (Å²) in [5.41, 5.74) is 2.12. The maximum atomic E-state index is 12.3. The lowest BCUT2D eigenvalue weighted by Gasteiger charge is -2.14. The van der Waals surface area contributed by atoms with E-state index in [0.29, 0.717) is 12.8 Å². The van der Waals surface area contributed by atoms with Crippen molar-refractivity contribution in [3.05, 3.63) is 41.5 Å². The van der Waals surface area contributed by atoms with E-state index in [1.165, 1.54) is 4.90 Å². The Kier molecular flexibility index (Phi) is 5.94. The van der Waals surface area contributed by atoms with Crippen LogP contribution in [0.3, 0.4) is 0 Å². The summed E-state index contributed by atoms with van der Waals surface area (Å²) in [6.07, 6.45) is 5.10. The van der Waals surface area contributed by atoms with Crippen molar-refractivity contribution < 1.29 is 23.9 Å². The summed E-state index contributed by atoms with van der Waals surface area (Å²) < 4.78 is 10.8. The van der Waals surface area contributed by atoms with Gasteiger partial charge in [-0.15, -0.1) is 0 Å². The number of fused-ring (bicyclic) bond motifs is 1. The van der Waals surface area contributed by atoms with E-state index in [-0.39, 0.29) is 49.8 Å². The normalized spacial score (nSPS) is 21.3. The number of hydrogen-bond acceptors (Lipinski definition) is 5. The largest absolute Gasteiger partial charge is 0.490 e. The fraction of sp³-hybridized carbons (Fsp3) is 0.476. The third kappa shape index (κ3) is 4.38. The smallest absolute Gasteiger partial charge is 0.307 e. The van der Waals surface area contributed by atoms with Crippen LogP contribution in [0.4, 0.5) is 0 Å². The number of hydrogen-bond donors (Lipinski definition) is 0. The van der Waals surface area contributed by atoms with Gasteiger partial charge in [0, 0.05) is 6.54 Å². The highest BCUT2D eigenvalue weighted by Crippen LogP contribution is 2.35. The average Bonchev–Trinajstić information content (AvgIpc) is 2.90. The quantitative estimate of drug-likeness (QED) is 0.319. The van der Waals surface area contributed by atoms with Gasteiger partial charge in [-0.1, -0.05) is 24.3 Å². The highest BCUT2D eigenvalue weighted by Gasteiger charge is 2.46. The summed E-state index contributed by atoms with van der Waals surface area (Å²) >= 11 is 0. The molecule has 3 rings (SSSR count). The third-order valence-electron chi connectivity index (χ3n) is 5.09. The van der Waals surface area contributed by atoms with E-state index in [2.05, 4.69) is 0 Å². The molecule has 1 aromatic carbocycles. The Balaban J connectivity index is 1.39. The average molecular weight is 371 g/mol. The number of benzene rings is 1. The van der Waals surface area contributed by atoms with E-state index in [4.69, 9.17) is 9.47 Å². The first-order valence-corrected chi connectivity index (χ1v) is 9.33. The minimum absolute atomic E-state index is 0.00776. The van der Waals surface area contributed by atoms with Crippen molar-refractivity contribution in [2.24, 2.45) is 11.8 Å². The van der Waals surface area contributed by atoms with Crippen LogP contribution in [0.25, 0.3) is 0 Å². The Morgan fingerprint density at radius 2 is 1.74 bits per heavy atom. The SMILES string of the molecule is Cc1ccc(C)c(OCCOC(=O)CCN2C(=O)C3CC=CCC3C2=O)c1. The Morgan fingerprint density at radius 3 is 2.41 bits per heavy atom. The molecule has 0 radical (unpaired) electrons. The summed E-state index contributed by atoms with van der Waals surface area (Å²) in [6.45, 7) is 4.41. The first kappa shape index (κ1) is 19.1. The zero-order valence-corrected chi connectivity index (χ0v) is 15.8. The zero-order chi connectivity index (χ0) is 19.4. The molecule has 27 heavy (non-hydrogen) atoms. The van der Waals surface area contributed by atoms with E-state index in [1.807, 2.05) is 44.2 Å². The van der Waals surface area contributed by atoms with Gasteiger partial charge in [0.1, 0.15) is 19.0 Å². The Bertz CT molecular complexity index is 744. The molecule has 2 unspecified atom stereocenters. The minimum atomic E-state index is -0.437. The highest BCUT2D eigenvalue weighted by molar-refractivity contribution is 6.05. The first-order chi connectivity index (χ1) is 13.0. The summed E-state index contributed by atoms with van der Waals surface area (Å²) in [6, 6.07) is 5.93. The summed E-state index contributed by atoms with van der Waals surface area (Å²) in [5.74, 6) is -0.515. The predicted octanol–water partition coefficient (Wildman–Crippen LogP) is 2.57. The van der Waals surface area contributed by atoms with Gasteiger partial charge >= 0.3 is 5.97 Å². The molecule has 2 amide bonds. The number of ether oxygens (including phenoxy) is 2. The number of rotatable bonds is 7. The first-order valence-electron chi connectivity index (χ1n) is 9.33. The molecule has 0 N–H and O–H groups in total. The number of carbonyl (C=O) groups excluding carboxylic acids is 3. The number of nitrogens with zero attached hydrogens (tertiary/aromatic N) is 1. The number of esters is 1. The lowest BCUT2D eigenvalue weighted by atomic mass is 9.85. The molecular weight excluding hydrogens is 346 g/mol. The maximum absolute atomic E-state index is 12.3. The molecule has 2 atom stereocenters. The van der Waals surface area contributed by atoms with Crippen molar-refractivity contribution in [1.29, 1.82) is 0 Å². The molecule has 1 heterocycles. The van der Waals surface area contributed by atoms with Gasteiger partial charge in [0.05, 0.1) is 18.3 Å². The highest BCUT2D eigenvalue weighted by atomic mass is 16.6. The molecule has 6 heteroatoms. The molecule has 1 fully saturated rings. The molecule has 2 aliphatic rings. The number of imide groups is 1. The fourth-order valence-electron chi connectivity index (χ4n) is 3.53. The molecule has 0 spiro atoms. The van der Waals surface area contributed by atoms with Crippen molar-refractivity contribution in [3.8, 4) is 5.75 Å². The van der Waals surface area contributed by atoms with Gasteiger partial charge in [0.15, 0.2) is 0 Å². The van der Waals surface area contributed by atoms with Crippen LogP contribution in [0.5, 0.6) is 5.75 Å². The van der Waals surface area contributed by atoms with Crippen LogP contribution in [-0.4, -0.2) is 42.4 Å². The lowest BCUT2D eigenvalue weighted by Crippen LogP contribution is -2.33. The fourth-order valence-corrected chi connectivity index (χ4v) is 3.53. The molecule has 1 saturated heterocycles. The van der Waals surface area contributed by atoms with Gasteiger partial charge in [0.25, 0.3) is 0 Å². The Labute approximate surface area is 159 Å². The van der Waals surface area contributed by atoms with Crippen LogP contribution in [0.15, 0.2) is 30.4 Å². The van der Waals surface area contributed by atoms with Crippen LogP contribution < -0.4 is 4.74 Å². The summed E-state index contributed by atoms with van der Waals surface area (Å²) in [5, 5.41) is 0. The Hall–Kier alpha value is -2.63. The van der Waals surface area contributed by atoms with Gasteiger partial charge in [-0.25, -0.2) is 0 Å². The van der Waals surface area contributed by atoms with E-state index in [1.54, 1.807) is 0 Å². The molecule has 1 aliphatic heterocycles. The monoisotopic (exact) mass is 371 g/mol. The van der Waals surface area contributed by atoms with Crippen molar-refractivity contribution in [2.45, 2.75) is 33.1 Å². The van der Waals surface area contributed by atoms with Gasteiger partial charge in [0.2, 0.25) is 11.8 Å². The molecule has 0 saturated carbocycles. The number of likely N-dealkylation sites (tertiary alicyclic amines) is 1. The second kappa shape index (κ2) is 8.37. The molecular formula is C21H25NO5. The van der Waals surface area contributed by atoms with Gasteiger partial charge < -0.3 is 9.47 Å². The summed E-state index contributed by atoms with van der Waals surface area (Å²) in [7, 11) is 0. The minimum Gasteiger partial charge on any atom is -0.490 e. The van der Waals surface area contributed by atoms with Crippen LogP contribution in [0, 0.1) is 25.7 Å². The molecule has 0 aromatic heterocycles. The second-order valence-corrected chi connectivity index (χ2v) is 7.07. The van der Waals surface area contributed by atoms with Gasteiger partial charge in [-0.2, -0.15) is 0 Å². The van der Waals surface area contributed by atoms with Gasteiger partial charge in [-0.05, 0) is 43.9 Å². The molecule has 0 bridgehead atoms. The molecule has 1 aliphatic carbocycles. The van der Waals surface area contributed by atoms with E-state index in [9.17, 15) is 14.4 Å². The maximum Gasteiger partial charge on any atom is 0.307 e. The van der Waals surface area contributed by atoms with E-state index >= 15 is 0 Å². The number of allylic oxidation sites excluding steroid dienone is 2. The van der Waals surface area contributed by atoms with Crippen molar-refractivity contribution in [1.82, 2.24) is 4.90 Å². The number of aryl methyl sites for hydroxylation is 2. The van der Waals surface area contributed by atoms with E-state index in [0.717, 1.165) is 16.9 Å². The molecule has 1 aromatic rings. The van der Waals surface area contributed by atoms with Crippen molar-refractivity contribution in [2.75, 3.05) is 19.8 Å². The third-order valence-corrected chi connectivity index (χ3v) is 5.09. The van der Waals surface area contributed by atoms with Crippen LogP contribution in [0.2, 0.25) is 0 Å². The second-order valence-electron chi connectivity index (χ2n) is 7.07. The summed E-state index contributed by atoms with van der Waals surface area (Å²) in [4.78, 5) is 37.8. The predicted molar refractivity (Wildman–Crippen MR) is 99.1 cm³/mol. The van der Waals surface area contributed by atoms with Crippen molar-refractivity contribution in [3.63, 3.8) is 0 Å². The van der Waals surface area contributed by atoms with Crippen molar-refractivity contribution >= 4 is 17.8 Å². The number of amides is 2. The van der Waals surface area contributed by atoms with Crippen LogP contribution in [-0.2, 0) is 19.1 Å². The zero-order valence-electron chi connectivity index (χ0n) is 15.8. The number of carbonyl (C=O) groups is 3. The van der Waals surface area contributed by atoms with Gasteiger partial charge in [-0.3, -0.25) is 19.3 Å². The van der Waals surface area contributed by atoms with E-state index < -0.39 is 5.97 Å². The van der Waals surface area contributed by atoms with Crippen LogP contribution >= 0.6 is 0 Å². The lowest BCUT2D eigenvalue weighted by molar-refractivity contribution is -0.146. The topological polar surface area (TPSA) is 72.9 Å². The molecule has 144 valence electrons. The standard InChI is InChI=1S/C21H25NO5/c1-14-7-8-15(2)18(13-14)26-11-12-27-19(23)9-10-22-20(24)16-5-3-4-6-17(16)21(22)25/h3-4,7-8,13,16-17H,5-6,9-12H2,1-2H3.